The van der Waals surface area contributed by atoms with Crippen LogP contribution in [0.1, 0.15) is 10.9 Å². The van der Waals surface area contributed by atoms with Crippen molar-refractivity contribution in [3.05, 3.63) is 19.8 Å². The molecule has 0 aromatic carbocycles. The van der Waals surface area contributed by atoms with Crippen LogP contribution in [0.15, 0.2) is 10.5 Å². The van der Waals surface area contributed by atoms with Crippen LogP contribution in [-0.2, 0) is 0 Å². The van der Waals surface area contributed by atoms with E-state index >= 15 is 0 Å². The van der Waals surface area contributed by atoms with E-state index in [9.17, 15) is 26.3 Å². The highest BCUT2D eigenvalue weighted by molar-refractivity contribution is 9.10. The number of hydrogen-bond donors (Lipinski definition) is 1. The van der Waals surface area contributed by atoms with Crippen molar-refractivity contribution in [1.82, 2.24) is 5.32 Å². The molecule has 1 aromatic rings. The normalized spacial score (nSPS) is 15.1. The monoisotopic (exact) mass is 389 g/mol. The van der Waals surface area contributed by atoms with E-state index in [1.165, 1.54) is 0 Å². The lowest BCUT2D eigenvalue weighted by molar-refractivity contribution is -0.292. The predicted molar refractivity (Wildman–Crippen MR) is 64.4 cm³/mol. The zero-order valence-corrected chi connectivity index (χ0v) is 12.3. The fourth-order valence-electron chi connectivity index (χ4n) is 1.55. The van der Waals surface area contributed by atoms with Crippen molar-refractivity contribution in [2.75, 3.05) is 7.05 Å². The summed E-state index contributed by atoms with van der Waals surface area (Å²) in [6.07, 6.45) is -10.8. The quantitative estimate of drug-likeness (QED) is 0.703. The van der Waals surface area contributed by atoms with E-state index < -0.39 is 24.3 Å². The van der Waals surface area contributed by atoms with E-state index in [0.717, 1.165) is 13.1 Å². The summed E-state index contributed by atoms with van der Waals surface area (Å²) in [7, 11) is 1.04. The van der Waals surface area contributed by atoms with Gasteiger partial charge in [0.1, 0.15) is 4.34 Å². The highest BCUT2D eigenvalue weighted by atomic mass is 79.9. The second-order valence-electron chi connectivity index (χ2n) is 3.60. The molecule has 1 aromatic heterocycles. The number of halogens is 8. The molecule has 10 heteroatoms. The second kappa shape index (κ2) is 5.79. The van der Waals surface area contributed by atoms with Gasteiger partial charge in [-0.1, -0.05) is 11.6 Å². The lowest BCUT2D eigenvalue weighted by Gasteiger charge is -2.29. The van der Waals surface area contributed by atoms with Crippen LogP contribution in [-0.4, -0.2) is 19.4 Å². The van der Waals surface area contributed by atoms with Gasteiger partial charge in [-0.15, -0.1) is 11.3 Å². The summed E-state index contributed by atoms with van der Waals surface area (Å²) in [4.78, 5) is -0.140. The molecule has 0 aliphatic rings. The number of thiophene rings is 1. The van der Waals surface area contributed by atoms with Crippen LogP contribution in [0.3, 0.4) is 0 Å². The summed E-state index contributed by atoms with van der Waals surface area (Å²) in [5, 5.41) is 2.06. The topological polar surface area (TPSA) is 12.0 Å². The SMILES string of the molecule is CNC(c1cc(Br)c(Cl)s1)C(C(F)(F)F)C(F)(F)F. The summed E-state index contributed by atoms with van der Waals surface area (Å²) >= 11 is 9.26. The molecule has 0 radical (unpaired) electrons. The Morgan fingerprint density at radius 1 is 1.21 bits per heavy atom. The number of rotatable bonds is 3. The minimum Gasteiger partial charge on any atom is -0.312 e. The van der Waals surface area contributed by atoms with Gasteiger partial charge in [-0.05, 0) is 29.0 Å². The highest BCUT2D eigenvalue weighted by Crippen LogP contribution is 2.48. The van der Waals surface area contributed by atoms with E-state index in [-0.39, 0.29) is 13.7 Å². The Bertz CT molecular complexity index is 409. The lowest BCUT2D eigenvalue weighted by Crippen LogP contribution is -2.44. The van der Waals surface area contributed by atoms with Crippen molar-refractivity contribution in [3.8, 4) is 0 Å². The Morgan fingerprint density at radius 2 is 1.68 bits per heavy atom. The maximum atomic E-state index is 12.6. The van der Waals surface area contributed by atoms with Gasteiger partial charge >= 0.3 is 12.4 Å². The third kappa shape index (κ3) is 3.99. The molecule has 0 saturated carbocycles. The van der Waals surface area contributed by atoms with Crippen molar-refractivity contribution >= 4 is 38.9 Å². The number of alkyl halides is 6. The van der Waals surface area contributed by atoms with Crippen molar-refractivity contribution in [2.24, 2.45) is 5.92 Å². The second-order valence-corrected chi connectivity index (χ2v) is 6.14. The first-order valence-electron chi connectivity index (χ1n) is 4.74. The molecule has 110 valence electrons. The average Bonchev–Trinajstić information content (AvgIpc) is 2.51. The van der Waals surface area contributed by atoms with Gasteiger partial charge < -0.3 is 5.32 Å². The number of nitrogens with one attached hydrogen (secondary N) is 1. The molecule has 0 fully saturated rings. The zero-order chi connectivity index (χ0) is 15.0. The van der Waals surface area contributed by atoms with Crippen LogP contribution in [0, 0.1) is 5.92 Å². The smallest absolute Gasteiger partial charge is 0.312 e. The largest absolute Gasteiger partial charge is 0.402 e. The average molecular weight is 391 g/mol. The van der Waals surface area contributed by atoms with E-state index in [2.05, 4.69) is 21.2 Å². The molecule has 1 unspecified atom stereocenters. The van der Waals surface area contributed by atoms with Gasteiger partial charge in [-0.2, -0.15) is 26.3 Å². The van der Waals surface area contributed by atoms with Crippen LogP contribution in [0.4, 0.5) is 26.3 Å². The third-order valence-corrected chi connectivity index (χ3v) is 4.88. The van der Waals surface area contributed by atoms with Gasteiger partial charge in [0.15, 0.2) is 5.92 Å². The van der Waals surface area contributed by atoms with Gasteiger partial charge in [0.05, 0.1) is 6.04 Å². The molecule has 0 aliphatic carbocycles. The standard InChI is InChI=1S/C9H7BrClF6NS/c1-18-5(4-2-3(10)7(11)19-4)6(8(12,13)14)9(15,16)17/h2,5-6,18H,1H3. The molecule has 0 saturated heterocycles. The third-order valence-electron chi connectivity index (χ3n) is 2.32. The molecule has 0 spiro atoms. The Balaban J connectivity index is 3.25. The molecule has 1 atom stereocenters. The Labute approximate surface area is 122 Å². The molecular weight excluding hydrogens is 384 g/mol. The van der Waals surface area contributed by atoms with Gasteiger partial charge in [0.25, 0.3) is 0 Å². The first kappa shape index (κ1) is 17.1. The molecule has 0 aliphatic heterocycles. The molecule has 1 nitrogen and oxygen atoms in total. The summed E-state index contributed by atoms with van der Waals surface area (Å²) in [6, 6.07) is -0.785. The fourth-order valence-corrected chi connectivity index (χ4v) is 3.44. The molecule has 0 amide bonds. The van der Waals surface area contributed by atoms with Crippen molar-refractivity contribution < 1.29 is 26.3 Å². The van der Waals surface area contributed by atoms with Crippen LogP contribution >= 0.6 is 38.9 Å². The maximum absolute atomic E-state index is 12.6. The Kier molecular flexibility index (Phi) is 5.20. The van der Waals surface area contributed by atoms with Gasteiger partial charge in [0, 0.05) is 9.35 Å². The van der Waals surface area contributed by atoms with E-state index in [4.69, 9.17) is 11.6 Å². The summed E-state index contributed by atoms with van der Waals surface area (Å²) in [5.74, 6) is -3.49. The zero-order valence-electron chi connectivity index (χ0n) is 9.16. The van der Waals surface area contributed by atoms with Crippen LogP contribution in [0.2, 0.25) is 4.34 Å². The Hall–Kier alpha value is 0.01000. The first-order valence-corrected chi connectivity index (χ1v) is 6.72. The molecule has 0 bridgehead atoms. The molecule has 19 heavy (non-hydrogen) atoms. The number of hydrogen-bond acceptors (Lipinski definition) is 2. The molecule has 1 rings (SSSR count). The Morgan fingerprint density at radius 3 is 1.95 bits per heavy atom. The summed E-state index contributed by atoms with van der Waals surface area (Å²) < 4.78 is 76.2. The lowest BCUT2D eigenvalue weighted by atomic mass is 9.97. The minimum absolute atomic E-state index is 0.0957. The predicted octanol–water partition coefficient (Wildman–Crippen LogP) is 5.17. The highest BCUT2D eigenvalue weighted by Gasteiger charge is 2.60. The van der Waals surface area contributed by atoms with Gasteiger partial charge in [0.2, 0.25) is 0 Å². The van der Waals surface area contributed by atoms with Crippen molar-refractivity contribution in [2.45, 2.75) is 18.4 Å². The van der Waals surface area contributed by atoms with Gasteiger partial charge in [-0.25, -0.2) is 0 Å². The summed E-state index contributed by atoms with van der Waals surface area (Å²) in [5.41, 5.74) is 0. The molecule has 1 N–H and O–H groups in total. The van der Waals surface area contributed by atoms with E-state index in [1.807, 2.05) is 0 Å². The maximum Gasteiger partial charge on any atom is 0.402 e. The van der Waals surface area contributed by atoms with Crippen LogP contribution < -0.4 is 5.32 Å². The van der Waals surface area contributed by atoms with Crippen molar-refractivity contribution in [1.29, 1.82) is 0 Å². The van der Waals surface area contributed by atoms with Crippen LogP contribution in [0.5, 0.6) is 0 Å². The van der Waals surface area contributed by atoms with Gasteiger partial charge in [-0.3, -0.25) is 0 Å². The summed E-state index contributed by atoms with van der Waals surface area (Å²) in [6.45, 7) is 0. The van der Waals surface area contributed by atoms with Crippen LogP contribution in [0.25, 0.3) is 0 Å². The fraction of sp³-hybridized carbons (Fsp3) is 0.556. The van der Waals surface area contributed by atoms with E-state index in [0.29, 0.717) is 11.3 Å². The molecule has 1 heterocycles. The first-order chi connectivity index (χ1) is 8.48. The molecular formula is C9H7BrClF6NS. The van der Waals surface area contributed by atoms with E-state index in [1.54, 1.807) is 0 Å². The minimum atomic E-state index is -5.41. The van der Waals surface area contributed by atoms with Crippen molar-refractivity contribution in [3.63, 3.8) is 0 Å².